The molecule has 0 radical (unpaired) electrons. The number of hydrogen-bond acceptors (Lipinski definition) is 5. The summed E-state index contributed by atoms with van der Waals surface area (Å²) in [7, 11) is 0. The van der Waals surface area contributed by atoms with Gasteiger partial charge in [0.05, 0.1) is 5.75 Å². The number of aromatic nitrogens is 3. The SMILES string of the molecule is Cc1ccc(-c2nc(SCC(=O)NC(=O)NCCC3=CCCCC3)n[nH]2)cc1. The van der Waals surface area contributed by atoms with Gasteiger partial charge in [-0.05, 0) is 39.0 Å². The number of H-pyrrole nitrogens is 1. The van der Waals surface area contributed by atoms with Crippen LogP contribution in [0.25, 0.3) is 11.4 Å². The Bertz CT molecular complexity index is 845. The summed E-state index contributed by atoms with van der Waals surface area (Å²) < 4.78 is 0. The predicted octanol–water partition coefficient (Wildman–Crippen LogP) is 3.59. The molecule has 0 unspecified atom stereocenters. The number of rotatable bonds is 7. The van der Waals surface area contributed by atoms with E-state index in [1.54, 1.807) is 0 Å². The molecule has 1 aliphatic rings. The summed E-state index contributed by atoms with van der Waals surface area (Å²) in [5.41, 5.74) is 3.49. The number of aryl methyl sites for hydroxylation is 1. The molecule has 0 aliphatic heterocycles. The van der Waals surface area contributed by atoms with Crippen molar-refractivity contribution in [2.45, 2.75) is 44.2 Å². The minimum atomic E-state index is -0.461. The number of amides is 3. The molecule has 0 fully saturated rings. The zero-order valence-corrected chi connectivity index (χ0v) is 16.8. The van der Waals surface area contributed by atoms with Crippen molar-refractivity contribution in [1.82, 2.24) is 25.8 Å². The van der Waals surface area contributed by atoms with Crippen LogP contribution in [0.1, 0.15) is 37.7 Å². The molecule has 0 saturated carbocycles. The van der Waals surface area contributed by atoms with Gasteiger partial charge in [-0.15, -0.1) is 5.10 Å². The van der Waals surface area contributed by atoms with Gasteiger partial charge in [0, 0.05) is 12.1 Å². The quantitative estimate of drug-likeness (QED) is 0.488. The highest BCUT2D eigenvalue weighted by atomic mass is 32.2. The van der Waals surface area contributed by atoms with Crippen LogP contribution in [0.4, 0.5) is 4.79 Å². The zero-order chi connectivity index (χ0) is 19.8. The van der Waals surface area contributed by atoms with E-state index in [0.29, 0.717) is 17.5 Å². The number of nitrogens with zero attached hydrogens (tertiary/aromatic N) is 2. The fourth-order valence-electron chi connectivity index (χ4n) is 2.96. The summed E-state index contributed by atoms with van der Waals surface area (Å²) >= 11 is 1.18. The third-order valence-electron chi connectivity index (χ3n) is 4.49. The first-order valence-electron chi connectivity index (χ1n) is 9.48. The highest BCUT2D eigenvalue weighted by Crippen LogP contribution is 2.20. The lowest BCUT2D eigenvalue weighted by atomic mass is 9.97. The van der Waals surface area contributed by atoms with Gasteiger partial charge in [-0.25, -0.2) is 9.78 Å². The Labute approximate surface area is 168 Å². The number of imide groups is 1. The lowest BCUT2D eigenvalue weighted by Gasteiger charge is -2.13. The van der Waals surface area contributed by atoms with Crippen molar-refractivity contribution in [3.8, 4) is 11.4 Å². The van der Waals surface area contributed by atoms with E-state index in [4.69, 9.17) is 0 Å². The van der Waals surface area contributed by atoms with E-state index >= 15 is 0 Å². The Morgan fingerprint density at radius 3 is 2.79 bits per heavy atom. The van der Waals surface area contributed by atoms with Crippen molar-refractivity contribution < 1.29 is 9.59 Å². The molecule has 8 heteroatoms. The predicted molar refractivity (Wildman–Crippen MR) is 110 cm³/mol. The Hall–Kier alpha value is -2.61. The number of carbonyl (C=O) groups excluding carboxylic acids is 2. The van der Waals surface area contributed by atoms with Gasteiger partial charge in [-0.3, -0.25) is 15.2 Å². The minimum absolute atomic E-state index is 0.0732. The summed E-state index contributed by atoms with van der Waals surface area (Å²) in [5.74, 6) is 0.350. The van der Waals surface area contributed by atoms with Crippen LogP contribution in [-0.2, 0) is 4.79 Å². The lowest BCUT2D eigenvalue weighted by molar-refractivity contribution is -0.117. The number of urea groups is 1. The second-order valence-corrected chi connectivity index (χ2v) is 7.73. The highest BCUT2D eigenvalue weighted by Gasteiger charge is 2.12. The number of nitrogens with one attached hydrogen (secondary N) is 3. The normalized spacial score (nSPS) is 13.7. The van der Waals surface area contributed by atoms with Gasteiger partial charge >= 0.3 is 6.03 Å². The van der Waals surface area contributed by atoms with E-state index in [1.165, 1.54) is 35.7 Å². The number of carbonyl (C=O) groups is 2. The van der Waals surface area contributed by atoms with Crippen LogP contribution in [0.5, 0.6) is 0 Å². The van der Waals surface area contributed by atoms with Crippen LogP contribution in [0.3, 0.4) is 0 Å². The maximum Gasteiger partial charge on any atom is 0.321 e. The van der Waals surface area contributed by atoms with Crippen molar-refractivity contribution >= 4 is 23.7 Å². The van der Waals surface area contributed by atoms with Gasteiger partial charge in [0.25, 0.3) is 0 Å². The lowest BCUT2D eigenvalue weighted by Crippen LogP contribution is -2.40. The van der Waals surface area contributed by atoms with E-state index in [1.807, 2.05) is 31.2 Å². The average molecular weight is 400 g/mol. The van der Waals surface area contributed by atoms with Crippen LogP contribution in [0.2, 0.25) is 0 Å². The van der Waals surface area contributed by atoms with Gasteiger partial charge < -0.3 is 5.32 Å². The van der Waals surface area contributed by atoms with Gasteiger partial charge in [0.15, 0.2) is 5.82 Å². The van der Waals surface area contributed by atoms with Gasteiger partial charge in [0.1, 0.15) is 0 Å². The molecule has 3 rings (SSSR count). The molecule has 1 aromatic carbocycles. The molecule has 0 spiro atoms. The smallest absolute Gasteiger partial charge is 0.321 e. The van der Waals surface area contributed by atoms with Crippen molar-refractivity contribution in [3.05, 3.63) is 41.5 Å². The minimum Gasteiger partial charge on any atom is -0.337 e. The highest BCUT2D eigenvalue weighted by molar-refractivity contribution is 7.99. The summed E-state index contributed by atoms with van der Waals surface area (Å²) in [6.07, 6.45) is 7.81. The van der Waals surface area contributed by atoms with Gasteiger partial charge in [-0.1, -0.05) is 53.2 Å². The van der Waals surface area contributed by atoms with Crippen LogP contribution in [0, 0.1) is 6.92 Å². The van der Waals surface area contributed by atoms with E-state index in [9.17, 15) is 9.59 Å². The molecule has 2 aromatic rings. The van der Waals surface area contributed by atoms with Crippen molar-refractivity contribution in [2.24, 2.45) is 0 Å². The van der Waals surface area contributed by atoms with Crippen LogP contribution in [0.15, 0.2) is 41.1 Å². The van der Waals surface area contributed by atoms with E-state index in [2.05, 4.69) is 31.9 Å². The third-order valence-corrected chi connectivity index (χ3v) is 5.34. The molecule has 1 aliphatic carbocycles. The molecule has 3 N–H and O–H groups in total. The molecule has 0 atom stereocenters. The second-order valence-electron chi connectivity index (χ2n) is 6.78. The van der Waals surface area contributed by atoms with Crippen LogP contribution >= 0.6 is 11.8 Å². The Balaban J connectivity index is 1.37. The molecular formula is C20H25N5O2S. The average Bonchev–Trinajstić information content (AvgIpc) is 3.17. The van der Waals surface area contributed by atoms with Gasteiger partial charge in [0.2, 0.25) is 11.1 Å². The largest absolute Gasteiger partial charge is 0.337 e. The summed E-state index contributed by atoms with van der Waals surface area (Å²) in [6, 6.07) is 7.47. The third kappa shape index (κ3) is 6.23. The summed E-state index contributed by atoms with van der Waals surface area (Å²) in [6.45, 7) is 2.56. The van der Waals surface area contributed by atoms with Crippen molar-refractivity contribution in [2.75, 3.05) is 12.3 Å². The number of benzene rings is 1. The molecule has 0 saturated heterocycles. The van der Waals surface area contributed by atoms with Crippen LogP contribution in [-0.4, -0.2) is 39.4 Å². The molecule has 3 amide bonds. The first-order chi connectivity index (χ1) is 13.6. The molecule has 7 nitrogen and oxygen atoms in total. The summed E-state index contributed by atoms with van der Waals surface area (Å²) in [4.78, 5) is 28.1. The monoisotopic (exact) mass is 399 g/mol. The fourth-order valence-corrected chi connectivity index (χ4v) is 3.56. The van der Waals surface area contributed by atoms with E-state index in [-0.39, 0.29) is 11.7 Å². The zero-order valence-electron chi connectivity index (χ0n) is 16.0. The number of thioether (sulfide) groups is 1. The maximum atomic E-state index is 11.9. The number of hydrogen-bond donors (Lipinski definition) is 3. The van der Waals surface area contributed by atoms with Gasteiger partial charge in [-0.2, -0.15) is 0 Å². The van der Waals surface area contributed by atoms with Crippen molar-refractivity contribution in [3.63, 3.8) is 0 Å². The Morgan fingerprint density at radius 1 is 1.21 bits per heavy atom. The number of allylic oxidation sites excluding steroid dienone is 1. The maximum absolute atomic E-state index is 11.9. The summed E-state index contributed by atoms with van der Waals surface area (Å²) in [5, 5.41) is 12.5. The molecule has 28 heavy (non-hydrogen) atoms. The Kier molecular flexibility index (Phi) is 7.25. The van der Waals surface area contributed by atoms with Crippen molar-refractivity contribution in [1.29, 1.82) is 0 Å². The van der Waals surface area contributed by atoms with E-state index in [0.717, 1.165) is 24.8 Å². The molecule has 1 aromatic heterocycles. The molecular weight excluding hydrogens is 374 g/mol. The molecule has 0 bridgehead atoms. The first kappa shape index (κ1) is 20.1. The second kappa shape index (κ2) is 10.1. The molecule has 148 valence electrons. The number of aromatic amines is 1. The topological polar surface area (TPSA) is 99.8 Å². The first-order valence-corrected chi connectivity index (χ1v) is 10.5. The standard InChI is InChI=1S/C20H25N5O2S/c1-14-7-9-16(10-8-14)18-23-20(25-24-18)28-13-17(26)22-19(27)21-12-11-15-5-3-2-4-6-15/h5,7-10H,2-4,6,11-13H2,1H3,(H,23,24,25)(H2,21,22,26,27). The fraction of sp³-hybridized carbons (Fsp3) is 0.400. The van der Waals surface area contributed by atoms with E-state index < -0.39 is 6.03 Å². The Morgan fingerprint density at radius 2 is 2.04 bits per heavy atom. The van der Waals surface area contributed by atoms with Crippen LogP contribution < -0.4 is 10.6 Å². The molecule has 1 heterocycles.